The van der Waals surface area contributed by atoms with Gasteiger partial charge in [0.15, 0.2) is 0 Å². The molecule has 0 aromatic carbocycles. The number of carbonyl (C=O) groups excluding carboxylic acids is 2. The van der Waals surface area contributed by atoms with Crippen LogP contribution in [0.5, 0.6) is 0 Å². The first-order valence-corrected chi connectivity index (χ1v) is 6.63. The van der Waals surface area contributed by atoms with E-state index in [-0.39, 0.29) is 18.3 Å². The highest BCUT2D eigenvalue weighted by Crippen LogP contribution is 2.07. The summed E-state index contributed by atoms with van der Waals surface area (Å²) in [5, 5.41) is 9.11. The number of amides is 1. The second-order valence-electron chi connectivity index (χ2n) is 4.45. The predicted octanol–water partition coefficient (Wildman–Crippen LogP) is -1.84. The summed E-state index contributed by atoms with van der Waals surface area (Å²) in [4.78, 5) is 25.4. The van der Waals surface area contributed by atoms with Crippen LogP contribution >= 0.6 is 0 Å². The topological polar surface area (TPSA) is 82.7 Å². The van der Waals surface area contributed by atoms with Crippen molar-refractivity contribution in [2.75, 3.05) is 53.4 Å². The molecule has 0 bridgehead atoms. The zero-order valence-electron chi connectivity index (χ0n) is 11.7. The molecular weight excluding hydrogens is 248 g/mol. The van der Waals surface area contributed by atoms with E-state index in [0.717, 1.165) is 39.3 Å². The molecule has 1 saturated heterocycles. The predicted molar refractivity (Wildman–Crippen MR) is 71.8 cm³/mol. The van der Waals surface area contributed by atoms with Gasteiger partial charge in [-0.15, -0.1) is 0 Å². The van der Waals surface area contributed by atoms with Crippen LogP contribution < -0.4 is 16.0 Å². The first kappa shape index (κ1) is 15.9. The molecule has 19 heavy (non-hydrogen) atoms. The summed E-state index contributed by atoms with van der Waals surface area (Å²) in [5.74, 6) is -0.515. The quantitative estimate of drug-likeness (QED) is 0.522. The van der Waals surface area contributed by atoms with E-state index >= 15 is 0 Å². The lowest BCUT2D eigenvalue weighted by Gasteiger charge is -2.28. The molecule has 1 aliphatic heterocycles. The summed E-state index contributed by atoms with van der Waals surface area (Å²) in [6.45, 7) is 4.85. The fourth-order valence-corrected chi connectivity index (χ4v) is 2.07. The van der Waals surface area contributed by atoms with Gasteiger partial charge in [-0.25, -0.2) is 0 Å². The fourth-order valence-electron chi connectivity index (χ4n) is 2.07. The maximum absolute atomic E-state index is 11.9. The van der Waals surface area contributed by atoms with Gasteiger partial charge in [0.1, 0.15) is 6.04 Å². The van der Waals surface area contributed by atoms with Gasteiger partial charge in [0, 0.05) is 46.3 Å². The van der Waals surface area contributed by atoms with E-state index in [1.54, 1.807) is 7.05 Å². The van der Waals surface area contributed by atoms with Crippen LogP contribution in [0.3, 0.4) is 0 Å². The van der Waals surface area contributed by atoms with Crippen LogP contribution in [0.1, 0.15) is 6.42 Å². The number of nitrogens with zero attached hydrogens (tertiary/aromatic N) is 1. The molecule has 0 aromatic rings. The van der Waals surface area contributed by atoms with Gasteiger partial charge in [-0.3, -0.25) is 14.5 Å². The minimum absolute atomic E-state index is 0.128. The summed E-state index contributed by atoms with van der Waals surface area (Å²) in [6.07, 6.45) is 0.128. The largest absolute Gasteiger partial charge is 0.468 e. The summed E-state index contributed by atoms with van der Waals surface area (Å²) >= 11 is 0. The lowest BCUT2D eigenvalue weighted by molar-refractivity contribution is -0.149. The van der Waals surface area contributed by atoms with E-state index in [1.807, 2.05) is 4.90 Å². The van der Waals surface area contributed by atoms with Gasteiger partial charge in [0.25, 0.3) is 0 Å². The lowest BCUT2D eigenvalue weighted by atomic mass is 10.1. The van der Waals surface area contributed by atoms with Crippen LogP contribution in [0.25, 0.3) is 0 Å². The van der Waals surface area contributed by atoms with Gasteiger partial charge in [-0.2, -0.15) is 0 Å². The molecule has 1 rings (SSSR count). The molecule has 1 atom stereocenters. The first-order valence-electron chi connectivity index (χ1n) is 6.63. The Bertz CT molecular complexity index is 289. The third-order valence-corrected chi connectivity index (χ3v) is 3.20. The Morgan fingerprint density at radius 1 is 1.21 bits per heavy atom. The molecule has 0 aliphatic carbocycles. The van der Waals surface area contributed by atoms with Gasteiger partial charge in [-0.1, -0.05) is 0 Å². The molecule has 1 amide bonds. The van der Waals surface area contributed by atoms with Crippen LogP contribution in [0.15, 0.2) is 0 Å². The zero-order chi connectivity index (χ0) is 14.1. The molecule has 1 unspecified atom stereocenters. The standard InChI is InChI=1S/C12H24N4O3/c1-13-11(17)9-10(12(18)19-2)16-7-5-14-3-4-15-6-8-16/h10,14-15H,3-9H2,1-2H3,(H,13,17). The van der Waals surface area contributed by atoms with E-state index < -0.39 is 6.04 Å². The number of ether oxygens (including phenoxy) is 1. The Morgan fingerprint density at radius 3 is 2.26 bits per heavy atom. The number of carbonyl (C=O) groups is 2. The number of hydrogen-bond acceptors (Lipinski definition) is 6. The number of methoxy groups -OCH3 is 1. The van der Waals surface area contributed by atoms with Crippen molar-refractivity contribution in [2.45, 2.75) is 12.5 Å². The molecule has 0 aromatic heterocycles. The van der Waals surface area contributed by atoms with Crippen LogP contribution in [0.4, 0.5) is 0 Å². The lowest BCUT2D eigenvalue weighted by Crippen LogP contribution is -2.48. The molecule has 1 fully saturated rings. The molecule has 7 heteroatoms. The smallest absolute Gasteiger partial charge is 0.323 e. The van der Waals surface area contributed by atoms with Crippen LogP contribution in [0.2, 0.25) is 0 Å². The van der Waals surface area contributed by atoms with Crippen molar-refractivity contribution in [1.82, 2.24) is 20.9 Å². The SMILES string of the molecule is CNC(=O)CC(C(=O)OC)N1CCNCCNCC1. The van der Waals surface area contributed by atoms with Crippen molar-refractivity contribution in [3.05, 3.63) is 0 Å². The number of esters is 1. The van der Waals surface area contributed by atoms with Crippen molar-refractivity contribution in [3.63, 3.8) is 0 Å². The van der Waals surface area contributed by atoms with Crippen molar-refractivity contribution in [2.24, 2.45) is 0 Å². The van der Waals surface area contributed by atoms with E-state index in [9.17, 15) is 9.59 Å². The van der Waals surface area contributed by atoms with Gasteiger partial charge < -0.3 is 20.7 Å². The Hall–Kier alpha value is -1.18. The summed E-state index contributed by atoms with van der Waals surface area (Å²) in [6, 6.07) is -0.522. The molecule has 1 aliphatic rings. The van der Waals surface area contributed by atoms with Crippen molar-refractivity contribution >= 4 is 11.9 Å². The highest BCUT2D eigenvalue weighted by atomic mass is 16.5. The summed E-state index contributed by atoms with van der Waals surface area (Å²) in [7, 11) is 2.92. The maximum atomic E-state index is 11.9. The highest BCUT2D eigenvalue weighted by molar-refractivity contribution is 5.85. The van der Waals surface area contributed by atoms with Gasteiger partial charge in [0.2, 0.25) is 5.91 Å². The Labute approximate surface area is 114 Å². The summed E-state index contributed by atoms with van der Waals surface area (Å²) < 4.78 is 4.81. The van der Waals surface area contributed by atoms with Gasteiger partial charge in [0.05, 0.1) is 13.5 Å². The molecule has 110 valence electrons. The number of rotatable bonds is 4. The van der Waals surface area contributed by atoms with Crippen LogP contribution in [0, 0.1) is 0 Å². The minimum atomic E-state index is -0.522. The minimum Gasteiger partial charge on any atom is -0.468 e. The Morgan fingerprint density at radius 2 is 1.79 bits per heavy atom. The molecule has 0 radical (unpaired) electrons. The van der Waals surface area contributed by atoms with Gasteiger partial charge in [-0.05, 0) is 0 Å². The third kappa shape index (κ3) is 5.54. The first-order chi connectivity index (χ1) is 9.19. The van der Waals surface area contributed by atoms with Crippen LogP contribution in [-0.4, -0.2) is 76.2 Å². The van der Waals surface area contributed by atoms with Gasteiger partial charge >= 0.3 is 5.97 Å². The average molecular weight is 272 g/mol. The van der Waals surface area contributed by atoms with E-state index in [0.29, 0.717) is 0 Å². The van der Waals surface area contributed by atoms with Crippen molar-refractivity contribution < 1.29 is 14.3 Å². The summed E-state index contributed by atoms with van der Waals surface area (Å²) in [5.41, 5.74) is 0. The average Bonchev–Trinajstić information content (AvgIpc) is 2.57. The maximum Gasteiger partial charge on any atom is 0.323 e. The van der Waals surface area contributed by atoms with E-state index in [1.165, 1.54) is 7.11 Å². The molecule has 7 nitrogen and oxygen atoms in total. The van der Waals surface area contributed by atoms with E-state index in [2.05, 4.69) is 16.0 Å². The number of hydrogen-bond donors (Lipinski definition) is 3. The molecular formula is C12H24N4O3. The van der Waals surface area contributed by atoms with E-state index in [4.69, 9.17) is 4.74 Å². The molecule has 0 saturated carbocycles. The second-order valence-corrected chi connectivity index (χ2v) is 4.45. The molecule has 0 spiro atoms. The number of nitrogens with one attached hydrogen (secondary N) is 3. The second kappa shape index (κ2) is 8.84. The van der Waals surface area contributed by atoms with Crippen molar-refractivity contribution in [3.8, 4) is 0 Å². The third-order valence-electron chi connectivity index (χ3n) is 3.20. The highest BCUT2D eigenvalue weighted by Gasteiger charge is 2.28. The Kier molecular flexibility index (Phi) is 7.39. The Balaban J connectivity index is 2.68. The van der Waals surface area contributed by atoms with Crippen molar-refractivity contribution in [1.29, 1.82) is 0 Å². The fraction of sp³-hybridized carbons (Fsp3) is 0.833. The van der Waals surface area contributed by atoms with Crippen LogP contribution in [-0.2, 0) is 14.3 Å². The zero-order valence-corrected chi connectivity index (χ0v) is 11.7. The monoisotopic (exact) mass is 272 g/mol. The molecule has 3 N–H and O–H groups in total. The molecule has 1 heterocycles. The normalized spacial score (nSPS) is 19.7.